The maximum atomic E-state index is 14.1. The number of benzene rings is 3. The van der Waals surface area contributed by atoms with Crippen molar-refractivity contribution < 1.29 is 23.5 Å². The van der Waals surface area contributed by atoms with E-state index in [1.807, 2.05) is 57.2 Å². The van der Waals surface area contributed by atoms with E-state index in [-0.39, 0.29) is 24.1 Å². The molecule has 0 saturated carbocycles. The molecular formula is C33H26N2O5. The molecule has 7 rings (SSSR count). The van der Waals surface area contributed by atoms with E-state index in [0.717, 1.165) is 44.6 Å². The van der Waals surface area contributed by atoms with E-state index >= 15 is 0 Å². The minimum absolute atomic E-state index is 0.0136. The van der Waals surface area contributed by atoms with Gasteiger partial charge in [0.15, 0.2) is 12.4 Å². The van der Waals surface area contributed by atoms with Crippen molar-refractivity contribution >= 4 is 28.3 Å². The summed E-state index contributed by atoms with van der Waals surface area (Å²) in [5.41, 5.74) is 8.03. The summed E-state index contributed by atoms with van der Waals surface area (Å²) in [6, 6.07) is 19.1. The molecule has 40 heavy (non-hydrogen) atoms. The highest BCUT2D eigenvalue weighted by molar-refractivity contribution is 6.16. The maximum absolute atomic E-state index is 14.1. The van der Waals surface area contributed by atoms with Gasteiger partial charge >= 0.3 is 0 Å². The molecule has 0 fully saturated rings. The Morgan fingerprint density at radius 2 is 1.70 bits per heavy atom. The molecule has 7 heteroatoms. The second-order valence-corrected chi connectivity index (χ2v) is 10.3. The fraction of sp³-hybridized carbons (Fsp3) is 0.182. The van der Waals surface area contributed by atoms with Gasteiger partial charge < -0.3 is 18.8 Å². The third-order valence-electron chi connectivity index (χ3n) is 7.56. The molecule has 0 aliphatic carbocycles. The first kappa shape index (κ1) is 24.2. The minimum atomic E-state index is -0.282. The normalized spacial score (nSPS) is 13.8. The Hall–Kier alpha value is -4.91. The summed E-state index contributed by atoms with van der Waals surface area (Å²) >= 11 is 0. The lowest BCUT2D eigenvalue weighted by Gasteiger charge is -2.28. The van der Waals surface area contributed by atoms with Gasteiger partial charge in [0.2, 0.25) is 5.78 Å². The number of fused-ring (bicyclic) bond motifs is 5. The van der Waals surface area contributed by atoms with Crippen molar-refractivity contribution in [3.63, 3.8) is 0 Å². The van der Waals surface area contributed by atoms with Crippen LogP contribution in [0, 0.1) is 13.8 Å². The van der Waals surface area contributed by atoms with Crippen molar-refractivity contribution in [2.24, 2.45) is 0 Å². The summed E-state index contributed by atoms with van der Waals surface area (Å²) in [5, 5.41) is 0.838. The van der Waals surface area contributed by atoms with Crippen molar-refractivity contribution in [2.45, 2.75) is 27.4 Å². The van der Waals surface area contributed by atoms with E-state index in [0.29, 0.717) is 41.3 Å². The molecule has 0 unspecified atom stereocenters. The number of aryl methyl sites for hydroxylation is 2. The second-order valence-electron chi connectivity index (χ2n) is 10.3. The number of amides is 1. The zero-order chi connectivity index (χ0) is 27.5. The monoisotopic (exact) mass is 530 g/mol. The first-order valence-corrected chi connectivity index (χ1v) is 13.3. The first-order valence-electron chi connectivity index (χ1n) is 13.3. The lowest BCUT2D eigenvalue weighted by Crippen LogP contribution is -2.38. The number of anilines is 1. The van der Waals surface area contributed by atoms with Gasteiger partial charge in [-0.15, -0.1) is 0 Å². The van der Waals surface area contributed by atoms with Crippen molar-refractivity contribution in [3.05, 3.63) is 94.9 Å². The van der Waals surface area contributed by atoms with E-state index in [1.165, 1.54) is 0 Å². The van der Waals surface area contributed by atoms with Crippen molar-refractivity contribution in [2.75, 3.05) is 18.1 Å². The molecular weight excluding hydrogens is 504 g/mol. The van der Waals surface area contributed by atoms with Gasteiger partial charge in [0.25, 0.3) is 5.91 Å². The van der Waals surface area contributed by atoms with E-state index in [2.05, 4.69) is 6.07 Å². The van der Waals surface area contributed by atoms with Crippen LogP contribution >= 0.6 is 0 Å². The number of pyridine rings is 1. The number of aromatic nitrogens is 1. The second kappa shape index (κ2) is 9.09. The highest BCUT2D eigenvalue weighted by atomic mass is 16.5. The molecule has 5 aromatic rings. The maximum Gasteiger partial charge on any atom is 0.265 e. The van der Waals surface area contributed by atoms with Crippen LogP contribution in [0.3, 0.4) is 0 Å². The molecule has 198 valence electrons. The van der Waals surface area contributed by atoms with Gasteiger partial charge in [0, 0.05) is 45.9 Å². The summed E-state index contributed by atoms with van der Waals surface area (Å²) in [6.45, 7) is 6.80. The smallest absolute Gasteiger partial charge is 0.265 e. The van der Waals surface area contributed by atoms with Gasteiger partial charge in [-0.25, -0.2) is 0 Å². The molecule has 0 bridgehead atoms. The number of rotatable bonds is 4. The summed E-state index contributed by atoms with van der Waals surface area (Å²) in [5.74, 6) is 1.19. The van der Waals surface area contributed by atoms with E-state index in [4.69, 9.17) is 18.9 Å². The van der Waals surface area contributed by atoms with Crippen molar-refractivity contribution in [1.29, 1.82) is 0 Å². The predicted octanol–water partition coefficient (Wildman–Crippen LogP) is 6.65. The largest absolute Gasteiger partial charge is 0.488 e. The number of hydrogen-bond donors (Lipinski definition) is 0. The van der Waals surface area contributed by atoms with Gasteiger partial charge in [-0.1, -0.05) is 23.3 Å². The van der Waals surface area contributed by atoms with Gasteiger partial charge in [-0.2, -0.15) is 0 Å². The topological polar surface area (TPSA) is 81.9 Å². The SMILES string of the molecule is CCN1C(=O)COc2ccc(C(=O)c3oc4ccc(C)cc4c3-c3cnc4c(c3)COc3ccc(C)cc3-4)cc21. The van der Waals surface area contributed by atoms with Crippen molar-refractivity contribution in [3.8, 4) is 33.9 Å². The molecule has 0 radical (unpaired) electrons. The van der Waals surface area contributed by atoms with Crippen LogP contribution in [0.25, 0.3) is 33.4 Å². The number of ether oxygens (including phenoxy) is 2. The van der Waals surface area contributed by atoms with Gasteiger partial charge in [0.05, 0.1) is 11.4 Å². The zero-order valence-corrected chi connectivity index (χ0v) is 22.4. The van der Waals surface area contributed by atoms with Crippen LogP contribution in [0.5, 0.6) is 11.5 Å². The Morgan fingerprint density at radius 3 is 2.55 bits per heavy atom. The Kier molecular flexibility index (Phi) is 5.49. The Bertz CT molecular complexity index is 1870. The fourth-order valence-corrected chi connectivity index (χ4v) is 5.59. The quantitative estimate of drug-likeness (QED) is 0.242. The molecule has 0 saturated heterocycles. The van der Waals surface area contributed by atoms with E-state index in [9.17, 15) is 9.59 Å². The summed E-state index contributed by atoms with van der Waals surface area (Å²) in [6.07, 6.45) is 1.80. The standard InChI is InChI=1S/C33H26N2O5/c1-4-35-25-14-20(7-10-28(25)39-17-29(35)36)32(37)33-30(23-11-18(2)6-9-27(23)40-33)21-13-22-16-38-26-8-5-19(3)12-24(26)31(22)34-15-21/h5-15H,4,16-17H2,1-3H3. The van der Waals surface area contributed by atoms with Crippen LogP contribution in [0.15, 0.2) is 71.3 Å². The number of carbonyl (C=O) groups excluding carboxylic acids is 2. The first-order chi connectivity index (χ1) is 19.4. The number of hydrogen-bond acceptors (Lipinski definition) is 6. The Morgan fingerprint density at radius 1 is 0.925 bits per heavy atom. The van der Waals surface area contributed by atoms with Crippen molar-refractivity contribution in [1.82, 2.24) is 4.98 Å². The minimum Gasteiger partial charge on any atom is -0.488 e. The molecule has 2 aliphatic rings. The molecule has 4 heterocycles. The van der Waals surface area contributed by atoms with E-state index in [1.54, 1.807) is 29.3 Å². The van der Waals surface area contributed by atoms with Crippen LogP contribution in [0.2, 0.25) is 0 Å². The summed E-state index contributed by atoms with van der Waals surface area (Å²) < 4.78 is 17.9. The Balaban J connectivity index is 1.38. The molecule has 3 aromatic carbocycles. The number of carbonyl (C=O) groups is 2. The van der Waals surface area contributed by atoms with Gasteiger partial charge in [0.1, 0.15) is 23.7 Å². The predicted molar refractivity (Wildman–Crippen MR) is 152 cm³/mol. The van der Waals surface area contributed by atoms with Crippen LogP contribution < -0.4 is 14.4 Å². The van der Waals surface area contributed by atoms with Gasteiger partial charge in [-0.3, -0.25) is 14.6 Å². The lowest BCUT2D eigenvalue weighted by molar-refractivity contribution is -0.121. The van der Waals surface area contributed by atoms with Crippen LogP contribution in [-0.4, -0.2) is 29.8 Å². The van der Waals surface area contributed by atoms with Crippen LogP contribution in [0.4, 0.5) is 5.69 Å². The molecule has 1 amide bonds. The summed E-state index contributed by atoms with van der Waals surface area (Å²) in [4.78, 5) is 33.0. The number of ketones is 1. The molecule has 0 spiro atoms. The molecule has 7 nitrogen and oxygen atoms in total. The van der Waals surface area contributed by atoms with Gasteiger partial charge in [-0.05, 0) is 69.3 Å². The third kappa shape index (κ3) is 3.77. The molecule has 2 aliphatic heterocycles. The number of nitrogens with zero attached hydrogens (tertiary/aromatic N) is 2. The number of furan rings is 1. The van der Waals surface area contributed by atoms with Crippen LogP contribution in [0.1, 0.15) is 39.7 Å². The average Bonchev–Trinajstić information content (AvgIpc) is 3.34. The number of likely N-dealkylation sites (N-methyl/N-ethyl adjacent to an activating group) is 1. The van der Waals surface area contributed by atoms with E-state index < -0.39 is 0 Å². The lowest BCUT2D eigenvalue weighted by atomic mass is 9.94. The zero-order valence-electron chi connectivity index (χ0n) is 22.4. The molecule has 0 N–H and O–H groups in total. The summed E-state index contributed by atoms with van der Waals surface area (Å²) in [7, 11) is 0. The Labute approximate surface area is 231 Å². The molecule has 2 aromatic heterocycles. The average molecular weight is 531 g/mol. The highest BCUT2D eigenvalue weighted by Gasteiger charge is 2.29. The van der Waals surface area contributed by atoms with Crippen LogP contribution in [-0.2, 0) is 11.4 Å². The fourth-order valence-electron chi connectivity index (χ4n) is 5.59. The molecule has 0 atom stereocenters. The third-order valence-corrected chi connectivity index (χ3v) is 7.56. The highest BCUT2D eigenvalue weighted by Crippen LogP contribution is 2.42.